The van der Waals surface area contributed by atoms with Crippen LogP contribution in [0.5, 0.6) is 0 Å². The normalized spacial score (nSPS) is 11.9. The van der Waals surface area contributed by atoms with Gasteiger partial charge in [0.1, 0.15) is 6.54 Å². The number of anilines is 1. The number of hydrogen-bond donors (Lipinski definition) is 0. The van der Waals surface area contributed by atoms with Gasteiger partial charge in [-0.2, -0.15) is 0 Å². The Kier molecular flexibility index (Phi) is 13.8. The number of hydrogen-bond acceptors (Lipinski definition) is 4. The zero-order valence-electron chi connectivity index (χ0n) is 22.6. The minimum absolute atomic E-state index is 0.290. The van der Waals surface area contributed by atoms with Crippen LogP contribution in [0, 0.1) is 6.92 Å². The fraction of sp³-hybridized carbons (Fsp3) is 0.567. The summed E-state index contributed by atoms with van der Waals surface area (Å²) in [5.74, 6) is -0.290. The lowest BCUT2D eigenvalue weighted by Crippen LogP contribution is -2.33. The first kappa shape index (κ1) is 30.0. The van der Waals surface area contributed by atoms with E-state index in [0.717, 1.165) is 24.2 Å². The summed E-state index contributed by atoms with van der Waals surface area (Å²) >= 11 is 0. The standard InChI is InChI=1S/C30H46N2O3S/c1-4-6-8-10-22-32(23-11-9-7-5-2)30-18-15-28(16-19-30)14-17-29-20-24-31(26-27(29)3)21-12-13-25-36(33,34)35/h14-20,24,26H,4-13,21-23,25H2,1-3H3. The van der Waals surface area contributed by atoms with E-state index in [1.165, 1.54) is 62.6 Å². The first-order valence-corrected chi connectivity index (χ1v) is 15.4. The number of pyridine rings is 1. The summed E-state index contributed by atoms with van der Waals surface area (Å²) in [6.07, 6.45) is 19.8. The summed E-state index contributed by atoms with van der Waals surface area (Å²) in [6.45, 7) is 9.58. The molecule has 2 rings (SSSR count). The van der Waals surface area contributed by atoms with Crippen molar-refractivity contribution < 1.29 is 17.5 Å². The maximum absolute atomic E-state index is 10.7. The molecule has 200 valence electrons. The quantitative estimate of drug-likeness (QED) is 0.125. The third-order valence-corrected chi connectivity index (χ3v) is 7.39. The van der Waals surface area contributed by atoms with Crippen LogP contribution in [-0.2, 0) is 16.7 Å². The molecule has 6 heteroatoms. The molecule has 0 fully saturated rings. The van der Waals surface area contributed by atoms with Crippen molar-refractivity contribution in [3.05, 3.63) is 59.4 Å². The molecule has 0 saturated carbocycles. The van der Waals surface area contributed by atoms with E-state index in [-0.39, 0.29) is 5.75 Å². The Morgan fingerprint density at radius 1 is 0.833 bits per heavy atom. The van der Waals surface area contributed by atoms with Crippen molar-refractivity contribution in [2.75, 3.05) is 23.7 Å². The SMILES string of the molecule is CCCCCCN(CCCCCC)c1ccc(/C=C/c2cc[n+](CCCCS(=O)(=O)[O-])cc2C)cc1. The molecule has 1 aromatic heterocycles. The monoisotopic (exact) mass is 514 g/mol. The Morgan fingerprint density at radius 3 is 2.03 bits per heavy atom. The molecule has 2 aromatic rings. The van der Waals surface area contributed by atoms with Crippen LogP contribution in [0.4, 0.5) is 5.69 Å². The number of unbranched alkanes of at least 4 members (excludes halogenated alkanes) is 7. The highest BCUT2D eigenvalue weighted by Crippen LogP contribution is 2.19. The van der Waals surface area contributed by atoms with Crippen molar-refractivity contribution in [1.82, 2.24) is 0 Å². The molecule has 1 heterocycles. The van der Waals surface area contributed by atoms with Crippen LogP contribution in [0.25, 0.3) is 12.2 Å². The highest BCUT2D eigenvalue weighted by Gasteiger charge is 2.07. The first-order chi connectivity index (χ1) is 17.3. The zero-order chi connectivity index (χ0) is 26.2. The summed E-state index contributed by atoms with van der Waals surface area (Å²) in [5, 5.41) is 0. The van der Waals surface area contributed by atoms with Crippen LogP contribution in [-0.4, -0.2) is 31.8 Å². The molecule has 0 amide bonds. The molecule has 0 aliphatic rings. The second-order valence-corrected chi connectivity index (χ2v) is 11.3. The largest absolute Gasteiger partial charge is 0.748 e. The summed E-state index contributed by atoms with van der Waals surface area (Å²) in [5.41, 5.74) is 4.82. The Hall–Kier alpha value is -2.18. The molecular formula is C30H46N2O3S. The van der Waals surface area contributed by atoms with Gasteiger partial charge in [0.05, 0.1) is 10.1 Å². The van der Waals surface area contributed by atoms with E-state index >= 15 is 0 Å². The Morgan fingerprint density at radius 2 is 1.47 bits per heavy atom. The minimum atomic E-state index is -4.12. The lowest BCUT2D eigenvalue weighted by Gasteiger charge is -2.25. The summed E-state index contributed by atoms with van der Waals surface area (Å²) in [4.78, 5) is 2.56. The van der Waals surface area contributed by atoms with Gasteiger partial charge in [0.2, 0.25) is 0 Å². The second-order valence-electron chi connectivity index (χ2n) is 9.82. The number of aryl methyl sites for hydroxylation is 2. The lowest BCUT2D eigenvalue weighted by atomic mass is 10.1. The smallest absolute Gasteiger partial charge is 0.172 e. The highest BCUT2D eigenvalue weighted by molar-refractivity contribution is 7.85. The third kappa shape index (κ3) is 12.2. The Bertz CT molecular complexity index is 1000. The van der Waals surface area contributed by atoms with Gasteiger partial charge >= 0.3 is 0 Å². The van der Waals surface area contributed by atoms with Crippen LogP contribution >= 0.6 is 0 Å². The van der Waals surface area contributed by atoms with E-state index in [9.17, 15) is 13.0 Å². The van der Waals surface area contributed by atoms with Crippen LogP contribution in [0.15, 0.2) is 42.7 Å². The fourth-order valence-corrected chi connectivity index (χ4v) is 4.94. The van der Waals surface area contributed by atoms with Gasteiger partial charge in [-0.1, -0.05) is 76.7 Å². The molecule has 5 nitrogen and oxygen atoms in total. The molecule has 0 bridgehead atoms. The number of nitrogens with zero attached hydrogens (tertiary/aromatic N) is 2. The molecule has 0 radical (unpaired) electrons. The van der Waals surface area contributed by atoms with Gasteiger partial charge in [-0.05, 0) is 49.4 Å². The Balaban J connectivity index is 1.95. The molecule has 0 N–H and O–H groups in total. The number of benzene rings is 1. The third-order valence-electron chi connectivity index (χ3n) is 6.60. The van der Waals surface area contributed by atoms with Crippen molar-refractivity contribution in [3.63, 3.8) is 0 Å². The molecule has 0 aliphatic carbocycles. The van der Waals surface area contributed by atoms with Gasteiger partial charge in [0, 0.05) is 42.6 Å². The van der Waals surface area contributed by atoms with Gasteiger partial charge in [-0.3, -0.25) is 0 Å². The second kappa shape index (κ2) is 16.5. The molecule has 1 aromatic carbocycles. The van der Waals surface area contributed by atoms with Gasteiger partial charge < -0.3 is 9.45 Å². The van der Waals surface area contributed by atoms with Gasteiger partial charge in [0.25, 0.3) is 0 Å². The molecule has 36 heavy (non-hydrogen) atoms. The van der Waals surface area contributed by atoms with E-state index in [1.807, 2.05) is 6.20 Å². The van der Waals surface area contributed by atoms with Crippen molar-refractivity contribution in [3.8, 4) is 0 Å². The molecule has 0 spiro atoms. The lowest BCUT2D eigenvalue weighted by molar-refractivity contribution is -0.697. The number of aromatic nitrogens is 1. The van der Waals surface area contributed by atoms with Crippen LogP contribution < -0.4 is 9.47 Å². The average molecular weight is 515 g/mol. The molecular weight excluding hydrogens is 468 g/mol. The van der Waals surface area contributed by atoms with Gasteiger partial charge in [-0.25, -0.2) is 13.0 Å². The van der Waals surface area contributed by atoms with Crippen molar-refractivity contribution in [2.24, 2.45) is 0 Å². The van der Waals surface area contributed by atoms with Crippen molar-refractivity contribution >= 4 is 28.0 Å². The Labute approximate surface area is 220 Å². The molecule has 0 aliphatic heterocycles. The van der Waals surface area contributed by atoms with Gasteiger partial charge in [-0.15, -0.1) is 0 Å². The average Bonchev–Trinajstić information content (AvgIpc) is 2.85. The van der Waals surface area contributed by atoms with Crippen molar-refractivity contribution in [2.45, 2.75) is 91.5 Å². The number of rotatable bonds is 18. The summed E-state index contributed by atoms with van der Waals surface area (Å²) < 4.78 is 34.3. The predicted molar refractivity (Wildman–Crippen MR) is 151 cm³/mol. The zero-order valence-corrected chi connectivity index (χ0v) is 23.4. The summed E-state index contributed by atoms with van der Waals surface area (Å²) in [7, 11) is -4.12. The van der Waals surface area contributed by atoms with E-state index < -0.39 is 10.1 Å². The predicted octanol–water partition coefficient (Wildman–Crippen LogP) is 6.75. The van der Waals surface area contributed by atoms with Gasteiger partial charge in [0.15, 0.2) is 12.4 Å². The maximum atomic E-state index is 10.7. The van der Waals surface area contributed by atoms with E-state index in [1.54, 1.807) is 0 Å². The highest BCUT2D eigenvalue weighted by atomic mass is 32.2. The maximum Gasteiger partial charge on any atom is 0.172 e. The molecule has 0 atom stereocenters. The van der Waals surface area contributed by atoms with E-state index in [4.69, 9.17) is 0 Å². The van der Waals surface area contributed by atoms with E-state index in [0.29, 0.717) is 19.4 Å². The van der Waals surface area contributed by atoms with Crippen LogP contribution in [0.3, 0.4) is 0 Å². The minimum Gasteiger partial charge on any atom is -0.748 e. The first-order valence-electron chi connectivity index (χ1n) is 13.8. The van der Waals surface area contributed by atoms with Crippen LogP contribution in [0.1, 0.15) is 94.7 Å². The van der Waals surface area contributed by atoms with Crippen LogP contribution in [0.2, 0.25) is 0 Å². The fourth-order valence-electron chi connectivity index (χ4n) is 4.38. The molecule has 0 unspecified atom stereocenters. The molecule has 0 saturated heterocycles. The van der Waals surface area contributed by atoms with Crippen molar-refractivity contribution in [1.29, 1.82) is 0 Å². The topological polar surface area (TPSA) is 64.3 Å². The summed E-state index contributed by atoms with van der Waals surface area (Å²) in [6, 6.07) is 11.0. The van der Waals surface area contributed by atoms with E-state index in [2.05, 4.69) is 78.9 Å².